The van der Waals surface area contributed by atoms with Crippen LogP contribution in [0.4, 0.5) is 18.9 Å². The summed E-state index contributed by atoms with van der Waals surface area (Å²) in [5, 5.41) is 4.51. The van der Waals surface area contributed by atoms with Crippen LogP contribution in [0.2, 0.25) is 0 Å². The van der Waals surface area contributed by atoms with Gasteiger partial charge < -0.3 is 10.6 Å². The monoisotopic (exact) mass is 342 g/mol. The van der Waals surface area contributed by atoms with Crippen LogP contribution in [0.15, 0.2) is 24.3 Å². The number of para-hydroxylation sites is 1. The van der Waals surface area contributed by atoms with Crippen LogP contribution in [-0.4, -0.2) is 18.4 Å². The second-order valence-electron chi connectivity index (χ2n) is 6.05. The lowest BCUT2D eigenvalue weighted by molar-refractivity contribution is -0.138. The van der Waals surface area contributed by atoms with Gasteiger partial charge in [0.05, 0.1) is 11.3 Å². The molecule has 0 unspecified atom stereocenters. The predicted octanol–water partition coefficient (Wildman–Crippen LogP) is 3.73. The number of hydrogen-bond donors (Lipinski definition) is 2. The minimum absolute atomic E-state index is 0.359. The van der Waals surface area contributed by atoms with Gasteiger partial charge in [-0.1, -0.05) is 44.2 Å². The summed E-state index contributed by atoms with van der Waals surface area (Å²) in [6, 6.07) is 4.57. The Bertz CT molecular complexity index is 581. The molecule has 0 spiro atoms. The normalized spacial score (nSPS) is 15.8. The quantitative estimate of drug-likeness (QED) is 0.819. The summed E-state index contributed by atoms with van der Waals surface area (Å²) in [6.07, 6.45) is 2.06. The van der Waals surface area contributed by atoms with Crippen LogP contribution >= 0.6 is 0 Å². The van der Waals surface area contributed by atoms with Crippen molar-refractivity contribution >= 4 is 17.5 Å². The van der Waals surface area contributed by atoms with Crippen molar-refractivity contribution in [2.75, 3.05) is 11.9 Å². The molecule has 1 aromatic carbocycles. The summed E-state index contributed by atoms with van der Waals surface area (Å²) in [7, 11) is 0. The maximum atomic E-state index is 12.9. The number of alkyl halides is 3. The van der Waals surface area contributed by atoms with Gasteiger partial charge in [-0.15, -0.1) is 0 Å². The number of carbonyl (C=O) groups excluding carboxylic acids is 2. The van der Waals surface area contributed by atoms with Crippen molar-refractivity contribution in [3.05, 3.63) is 29.8 Å². The van der Waals surface area contributed by atoms with E-state index in [1.807, 2.05) is 5.32 Å². The topological polar surface area (TPSA) is 58.2 Å². The molecule has 1 aliphatic carbocycles. The molecule has 4 nitrogen and oxygen atoms in total. The number of halogens is 3. The van der Waals surface area contributed by atoms with E-state index in [0.717, 1.165) is 31.4 Å². The van der Waals surface area contributed by atoms with Gasteiger partial charge in [-0.05, 0) is 24.5 Å². The van der Waals surface area contributed by atoms with Gasteiger partial charge in [-0.25, -0.2) is 0 Å². The Balaban J connectivity index is 1.84. The minimum Gasteiger partial charge on any atom is -0.348 e. The van der Waals surface area contributed by atoms with Gasteiger partial charge in [0.1, 0.15) is 0 Å². The summed E-state index contributed by atoms with van der Waals surface area (Å²) in [5.41, 5.74) is -1.40. The Labute approximate surface area is 138 Å². The number of anilines is 1. The summed E-state index contributed by atoms with van der Waals surface area (Å²) < 4.78 is 38.6. The molecule has 0 aromatic heterocycles. The third-order valence-corrected chi connectivity index (χ3v) is 4.25. The maximum absolute atomic E-state index is 12.9. The smallest absolute Gasteiger partial charge is 0.348 e. The largest absolute Gasteiger partial charge is 0.418 e. The van der Waals surface area contributed by atoms with Crippen LogP contribution in [0.3, 0.4) is 0 Å². The van der Waals surface area contributed by atoms with Gasteiger partial charge in [0.25, 0.3) is 0 Å². The molecule has 132 valence electrons. The molecule has 1 saturated carbocycles. The van der Waals surface area contributed by atoms with E-state index in [0.29, 0.717) is 12.5 Å². The van der Waals surface area contributed by atoms with Crippen LogP contribution in [0.1, 0.15) is 44.1 Å². The number of nitrogens with one attached hydrogen (secondary N) is 2. The van der Waals surface area contributed by atoms with Gasteiger partial charge >= 0.3 is 18.0 Å². The van der Waals surface area contributed by atoms with E-state index >= 15 is 0 Å². The number of rotatable bonds is 4. The molecule has 24 heavy (non-hydrogen) atoms. The number of carbonyl (C=O) groups is 2. The highest BCUT2D eigenvalue weighted by Gasteiger charge is 2.34. The fourth-order valence-corrected chi connectivity index (χ4v) is 2.96. The average Bonchev–Trinajstić information content (AvgIpc) is 2.55. The van der Waals surface area contributed by atoms with Crippen LogP contribution < -0.4 is 10.6 Å². The molecule has 1 fully saturated rings. The van der Waals surface area contributed by atoms with E-state index in [-0.39, 0.29) is 0 Å². The summed E-state index contributed by atoms with van der Waals surface area (Å²) in [4.78, 5) is 23.5. The van der Waals surface area contributed by atoms with Crippen molar-refractivity contribution in [1.29, 1.82) is 0 Å². The van der Waals surface area contributed by atoms with Crippen molar-refractivity contribution < 1.29 is 22.8 Å². The summed E-state index contributed by atoms with van der Waals surface area (Å²) >= 11 is 0. The molecule has 0 heterocycles. The van der Waals surface area contributed by atoms with Crippen LogP contribution in [0.5, 0.6) is 0 Å². The fraction of sp³-hybridized carbons (Fsp3) is 0.529. The lowest BCUT2D eigenvalue weighted by atomic mass is 9.87. The molecular formula is C17H21F3N2O2. The summed E-state index contributed by atoms with van der Waals surface area (Å²) in [5.74, 6) is -1.45. The Hall–Kier alpha value is -2.05. The number of hydrogen-bond acceptors (Lipinski definition) is 2. The van der Waals surface area contributed by atoms with E-state index in [9.17, 15) is 22.8 Å². The number of amides is 2. The summed E-state index contributed by atoms with van der Waals surface area (Å²) in [6.45, 7) is 0.359. The first kappa shape index (κ1) is 18.3. The lowest BCUT2D eigenvalue weighted by Gasteiger charge is -2.21. The molecule has 0 radical (unpaired) electrons. The second kappa shape index (κ2) is 8.17. The van der Waals surface area contributed by atoms with E-state index < -0.39 is 29.2 Å². The Morgan fingerprint density at radius 2 is 1.71 bits per heavy atom. The highest BCUT2D eigenvalue weighted by Crippen LogP contribution is 2.34. The van der Waals surface area contributed by atoms with Crippen molar-refractivity contribution in [3.63, 3.8) is 0 Å². The fourth-order valence-electron chi connectivity index (χ4n) is 2.96. The van der Waals surface area contributed by atoms with E-state index in [1.54, 1.807) is 0 Å². The molecule has 0 saturated heterocycles. The zero-order chi connectivity index (χ0) is 17.6. The van der Waals surface area contributed by atoms with Crippen molar-refractivity contribution in [2.45, 2.75) is 44.7 Å². The van der Waals surface area contributed by atoms with E-state index in [2.05, 4.69) is 5.32 Å². The maximum Gasteiger partial charge on any atom is 0.418 e. The first-order valence-electron chi connectivity index (χ1n) is 8.13. The van der Waals surface area contributed by atoms with E-state index in [1.165, 1.54) is 31.4 Å². The third kappa shape index (κ3) is 5.25. The highest BCUT2D eigenvalue weighted by atomic mass is 19.4. The first-order valence-corrected chi connectivity index (χ1v) is 8.13. The lowest BCUT2D eigenvalue weighted by Crippen LogP contribution is -2.37. The molecule has 0 aliphatic heterocycles. The highest BCUT2D eigenvalue weighted by molar-refractivity contribution is 6.39. The van der Waals surface area contributed by atoms with Gasteiger partial charge in [0.15, 0.2) is 0 Å². The van der Waals surface area contributed by atoms with E-state index in [4.69, 9.17) is 0 Å². The Morgan fingerprint density at radius 1 is 1.04 bits per heavy atom. The zero-order valence-corrected chi connectivity index (χ0v) is 13.3. The molecular weight excluding hydrogens is 321 g/mol. The SMILES string of the molecule is O=C(NCCC1CCCCC1)C(=O)Nc1ccccc1C(F)(F)F. The van der Waals surface area contributed by atoms with Crippen LogP contribution in [-0.2, 0) is 15.8 Å². The Kier molecular flexibility index (Phi) is 6.23. The number of benzene rings is 1. The molecule has 1 aromatic rings. The van der Waals surface area contributed by atoms with Gasteiger partial charge in [-0.2, -0.15) is 13.2 Å². The second-order valence-corrected chi connectivity index (χ2v) is 6.05. The molecule has 0 bridgehead atoms. The van der Waals surface area contributed by atoms with Gasteiger partial charge in [0.2, 0.25) is 0 Å². The third-order valence-electron chi connectivity index (χ3n) is 4.25. The zero-order valence-electron chi connectivity index (χ0n) is 13.3. The standard InChI is InChI=1S/C17H21F3N2O2/c18-17(19,20)13-8-4-5-9-14(13)22-16(24)15(23)21-11-10-12-6-2-1-3-7-12/h4-5,8-9,12H,1-3,6-7,10-11H2,(H,21,23)(H,22,24). The van der Waals surface area contributed by atoms with Gasteiger partial charge in [-0.3, -0.25) is 9.59 Å². The van der Waals surface area contributed by atoms with Crippen LogP contribution in [0.25, 0.3) is 0 Å². The van der Waals surface area contributed by atoms with Gasteiger partial charge in [0, 0.05) is 6.54 Å². The van der Waals surface area contributed by atoms with Crippen molar-refractivity contribution in [2.24, 2.45) is 5.92 Å². The van der Waals surface area contributed by atoms with Crippen molar-refractivity contribution in [1.82, 2.24) is 5.32 Å². The predicted molar refractivity (Wildman–Crippen MR) is 84.3 cm³/mol. The molecule has 2 N–H and O–H groups in total. The molecule has 2 amide bonds. The van der Waals surface area contributed by atoms with Crippen molar-refractivity contribution in [3.8, 4) is 0 Å². The van der Waals surface area contributed by atoms with Crippen LogP contribution in [0, 0.1) is 5.92 Å². The Morgan fingerprint density at radius 3 is 2.38 bits per heavy atom. The molecule has 1 aliphatic rings. The minimum atomic E-state index is -4.60. The first-order chi connectivity index (χ1) is 11.4. The molecule has 7 heteroatoms. The molecule has 2 rings (SSSR count). The average molecular weight is 342 g/mol. The molecule has 0 atom stereocenters.